The number of hydrogen-bond donors (Lipinski definition) is 2. The van der Waals surface area contributed by atoms with Gasteiger partial charge in [0.05, 0.1) is 37.0 Å². The highest BCUT2D eigenvalue weighted by molar-refractivity contribution is 6.46. The Hall–Kier alpha value is -3.23. The summed E-state index contributed by atoms with van der Waals surface area (Å²) in [5.41, 5.74) is 0.620. The van der Waals surface area contributed by atoms with Crippen molar-refractivity contribution in [3.63, 3.8) is 0 Å². The minimum absolute atomic E-state index is 0.0937. The molecule has 174 valence electrons. The number of likely N-dealkylation sites (tertiary alicyclic amines) is 1. The van der Waals surface area contributed by atoms with E-state index in [1.54, 1.807) is 24.3 Å². The van der Waals surface area contributed by atoms with Gasteiger partial charge in [-0.2, -0.15) is 0 Å². The van der Waals surface area contributed by atoms with Crippen molar-refractivity contribution in [2.24, 2.45) is 0 Å². The van der Waals surface area contributed by atoms with Crippen molar-refractivity contribution in [2.45, 2.75) is 25.0 Å². The molecule has 2 heterocycles. The number of phenolic OH excluding ortho intramolecular Hbond substituents is 1. The van der Waals surface area contributed by atoms with Gasteiger partial charge >= 0.3 is 0 Å². The second-order valence-electron chi connectivity index (χ2n) is 7.87. The SMILES string of the molecule is COc1ccc(C2/C(=C(/O)c3ccc(OC)c(Cl)c3)C(=O)C(=O)N2CC2CCCO2)cc1O. The summed E-state index contributed by atoms with van der Waals surface area (Å²) in [5.74, 6) is -1.43. The molecule has 2 aliphatic rings. The maximum atomic E-state index is 13.1. The molecular formula is C24H24ClNO7. The van der Waals surface area contributed by atoms with Crippen LogP contribution in [0.1, 0.15) is 30.0 Å². The predicted octanol–water partition coefficient (Wildman–Crippen LogP) is 3.66. The first-order valence-corrected chi connectivity index (χ1v) is 10.8. The maximum Gasteiger partial charge on any atom is 0.295 e. The number of rotatable bonds is 6. The van der Waals surface area contributed by atoms with Crippen LogP contribution in [0.4, 0.5) is 0 Å². The van der Waals surface area contributed by atoms with Gasteiger partial charge in [-0.3, -0.25) is 9.59 Å². The van der Waals surface area contributed by atoms with Crippen LogP contribution in [0.3, 0.4) is 0 Å². The lowest BCUT2D eigenvalue weighted by Gasteiger charge is -2.27. The lowest BCUT2D eigenvalue weighted by Crippen LogP contribution is -2.36. The van der Waals surface area contributed by atoms with Gasteiger partial charge in [-0.05, 0) is 48.7 Å². The number of aliphatic hydroxyl groups excluding tert-OH is 1. The average Bonchev–Trinajstić information content (AvgIpc) is 3.41. The van der Waals surface area contributed by atoms with Crippen LogP contribution in [0, 0.1) is 0 Å². The minimum Gasteiger partial charge on any atom is -0.507 e. The number of methoxy groups -OCH3 is 2. The fourth-order valence-electron chi connectivity index (χ4n) is 4.27. The number of carbonyl (C=O) groups excluding carboxylic acids is 2. The fourth-order valence-corrected chi connectivity index (χ4v) is 4.53. The number of ether oxygens (including phenoxy) is 3. The zero-order valence-corrected chi connectivity index (χ0v) is 19.0. The van der Waals surface area contributed by atoms with Crippen LogP contribution in [0.15, 0.2) is 42.0 Å². The van der Waals surface area contributed by atoms with Gasteiger partial charge in [-0.15, -0.1) is 0 Å². The Bertz CT molecular complexity index is 1120. The van der Waals surface area contributed by atoms with Gasteiger partial charge in [0, 0.05) is 18.7 Å². The summed E-state index contributed by atoms with van der Waals surface area (Å²) in [7, 11) is 2.89. The lowest BCUT2D eigenvalue weighted by molar-refractivity contribution is -0.140. The molecule has 2 atom stereocenters. The molecule has 2 aliphatic heterocycles. The van der Waals surface area contributed by atoms with E-state index in [0.717, 1.165) is 12.8 Å². The molecule has 2 aromatic carbocycles. The van der Waals surface area contributed by atoms with E-state index in [-0.39, 0.29) is 46.1 Å². The van der Waals surface area contributed by atoms with Crippen LogP contribution >= 0.6 is 11.6 Å². The number of carbonyl (C=O) groups is 2. The van der Waals surface area contributed by atoms with E-state index in [1.807, 2.05) is 0 Å². The van der Waals surface area contributed by atoms with Gasteiger partial charge in [0.1, 0.15) is 11.5 Å². The van der Waals surface area contributed by atoms with Crippen molar-refractivity contribution in [1.82, 2.24) is 4.90 Å². The van der Waals surface area contributed by atoms with Crippen molar-refractivity contribution < 1.29 is 34.0 Å². The zero-order valence-electron chi connectivity index (χ0n) is 18.2. The molecule has 0 aromatic heterocycles. The number of aliphatic hydroxyl groups is 1. The molecular weight excluding hydrogens is 450 g/mol. The molecule has 0 bridgehead atoms. The molecule has 2 unspecified atom stereocenters. The standard InChI is InChI=1S/C24H24ClNO7/c1-31-18-7-6-14(10-16(18)25)22(28)20-21(13-5-8-19(32-2)17(27)11-13)26(24(30)23(20)29)12-15-4-3-9-33-15/h5-8,10-11,15,21,27-28H,3-4,9,12H2,1-2H3/b22-20-. The number of nitrogens with zero attached hydrogens (tertiary/aromatic N) is 1. The monoisotopic (exact) mass is 473 g/mol. The Morgan fingerprint density at radius 3 is 2.48 bits per heavy atom. The first kappa shape index (κ1) is 22.9. The molecule has 9 heteroatoms. The van der Waals surface area contributed by atoms with Crippen molar-refractivity contribution in [1.29, 1.82) is 0 Å². The highest BCUT2D eigenvalue weighted by atomic mass is 35.5. The van der Waals surface area contributed by atoms with Gasteiger partial charge in [0.15, 0.2) is 11.5 Å². The number of halogens is 1. The summed E-state index contributed by atoms with van der Waals surface area (Å²) in [4.78, 5) is 27.5. The van der Waals surface area contributed by atoms with E-state index < -0.39 is 17.7 Å². The Kier molecular flexibility index (Phi) is 6.49. The molecule has 2 fully saturated rings. The molecule has 33 heavy (non-hydrogen) atoms. The van der Waals surface area contributed by atoms with Gasteiger partial charge in [-0.25, -0.2) is 0 Å². The molecule has 0 saturated carbocycles. The third-order valence-corrected chi connectivity index (χ3v) is 6.20. The van der Waals surface area contributed by atoms with Crippen LogP contribution < -0.4 is 9.47 Å². The van der Waals surface area contributed by atoms with E-state index in [4.69, 9.17) is 25.8 Å². The molecule has 0 aliphatic carbocycles. The molecule has 4 rings (SSSR count). The van der Waals surface area contributed by atoms with Crippen LogP contribution in [0.2, 0.25) is 5.02 Å². The zero-order chi connectivity index (χ0) is 23.7. The first-order chi connectivity index (χ1) is 15.8. The average molecular weight is 474 g/mol. The minimum atomic E-state index is -0.924. The third-order valence-electron chi connectivity index (χ3n) is 5.91. The number of aromatic hydroxyl groups is 1. The largest absolute Gasteiger partial charge is 0.507 e. The molecule has 2 N–H and O–H groups in total. The highest BCUT2D eigenvalue weighted by Crippen LogP contribution is 2.42. The van der Waals surface area contributed by atoms with E-state index in [0.29, 0.717) is 17.9 Å². The maximum absolute atomic E-state index is 13.1. The quantitative estimate of drug-likeness (QED) is 0.374. The summed E-state index contributed by atoms with van der Waals surface area (Å²) < 4.78 is 15.9. The van der Waals surface area contributed by atoms with E-state index in [9.17, 15) is 19.8 Å². The van der Waals surface area contributed by atoms with Gasteiger partial charge in [0.25, 0.3) is 11.7 Å². The van der Waals surface area contributed by atoms with Crippen molar-refractivity contribution in [2.75, 3.05) is 27.4 Å². The van der Waals surface area contributed by atoms with E-state index in [2.05, 4.69) is 0 Å². The third kappa shape index (κ3) is 4.24. The summed E-state index contributed by atoms with van der Waals surface area (Å²) in [6.45, 7) is 0.773. The van der Waals surface area contributed by atoms with Crippen LogP contribution in [0.25, 0.3) is 5.76 Å². The number of hydrogen-bond acceptors (Lipinski definition) is 7. The molecule has 1 amide bonds. The Labute approximate surface area is 195 Å². The first-order valence-electron chi connectivity index (χ1n) is 10.5. The van der Waals surface area contributed by atoms with Crippen molar-refractivity contribution >= 4 is 29.1 Å². The number of benzene rings is 2. The summed E-state index contributed by atoms with van der Waals surface area (Å²) in [5, 5.41) is 21.7. The van der Waals surface area contributed by atoms with E-state index in [1.165, 1.54) is 31.3 Å². The summed E-state index contributed by atoms with van der Waals surface area (Å²) in [6, 6.07) is 8.27. The molecule has 2 saturated heterocycles. The number of ketones is 1. The molecule has 0 spiro atoms. The van der Waals surface area contributed by atoms with Gasteiger partial charge in [0.2, 0.25) is 0 Å². The normalized spacial score (nSPS) is 22.1. The predicted molar refractivity (Wildman–Crippen MR) is 121 cm³/mol. The smallest absolute Gasteiger partial charge is 0.295 e. The second kappa shape index (κ2) is 9.33. The fraction of sp³-hybridized carbons (Fsp3) is 0.333. The molecule has 2 aromatic rings. The van der Waals surface area contributed by atoms with Gasteiger partial charge < -0.3 is 29.3 Å². The van der Waals surface area contributed by atoms with Crippen molar-refractivity contribution in [3.8, 4) is 17.2 Å². The molecule has 0 radical (unpaired) electrons. The van der Waals surface area contributed by atoms with Crippen LogP contribution in [0.5, 0.6) is 17.2 Å². The Morgan fingerprint density at radius 2 is 1.88 bits per heavy atom. The van der Waals surface area contributed by atoms with E-state index >= 15 is 0 Å². The van der Waals surface area contributed by atoms with Gasteiger partial charge in [-0.1, -0.05) is 17.7 Å². The summed E-state index contributed by atoms with van der Waals surface area (Å²) in [6.07, 6.45) is 1.41. The molecule has 8 nitrogen and oxygen atoms in total. The Balaban J connectivity index is 1.84. The van der Waals surface area contributed by atoms with Crippen molar-refractivity contribution in [3.05, 3.63) is 58.1 Å². The summed E-state index contributed by atoms with van der Waals surface area (Å²) >= 11 is 6.21. The van der Waals surface area contributed by atoms with Crippen LogP contribution in [-0.2, 0) is 14.3 Å². The topological polar surface area (TPSA) is 106 Å². The van der Waals surface area contributed by atoms with Crippen LogP contribution in [-0.4, -0.2) is 60.3 Å². The Morgan fingerprint density at radius 1 is 1.15 bits per heavy atom. The lowest BCUT2D eigenvalue weighted by atomic mass is 9.94. The number of amides is 1. The highest BCUT2D eigenvalue weighted by Gasteiger charge is 2.47. The number of Topliss-reactive ketones (excluding diaryl/α,β-unsaturated/α-hetero) is 1. The number of phenols is 1. The second-order valence-corrected chi connectivity index (χ2v) is 8.27.